The molecule has 0 spiro atoms. The van der Waals surface area contributed by atoms with E-state index in [9.17, 15) is 0 Å². The van der Waals surface area contributed by atoms with E-state index in [1.165, 1.54) is 6.33 Å². The van der Waals surface area contributed by atoms with Gasteiger partial charge >= 0.3 is 0 Å². The normalized spacial score (nSPS) is 10.6. The van der Waals surface area contributed by atoms with Crippen LogP contribution in [0.2, 0.25) is 0 Å². The summed E-state index contributed by atoms with van der Waals surface area (Å²) in [4.78, 5) is 7.76. The second-order valence-electron chi connectivity index (χ2n) is 2.83. The van der Waals surface area contributed by atoms with Gasteiger partial charge in [0, 0.05) is 6.20 Å². The van der Waals surface area contributed by atoms with Crippen molar-refractivity contribution in [3.8, 4) is 6.07 Å². The lowest BCUT2D eigenvalue weighted by molar-refractivity contribution is 0.656. The fourth-order valence-corrected chi connectivity index (χ4v) is 0.718. The maximum absolute atomic E-state index is 8.74. The second kappa shape index (κ2) is 2.67. The molecule has 0 N–H and O–H groups in total. The van der Waals surface area contributed by atoms with E-state index in [0.29, 0.717) is 0 Å². The van der Waals surface area contributed by atoms with Crippen LogP contribution in [0.25, 0.3) is 0 Å². The van der Waals surface area contributed by atoms with Gasteiger partial charge in [-0.25, -0.2) is 9.97 Å². The van der Waals surface area contributed by atoms with Gasteiger partial charge in [-0.15, -0.1) is 0 Å². The first-order valence-electron chi connectivity index (χ1n) is 3.34. The molecule has 0 atom stereocenters. The zero-order valence-corrected chi connectivity index (χ0v) is 6.57. The molecule has 0 aliphatic carbocycles. The Morgan fingerprint density at radius 3 is 2.73 bits per heavy atom. The van der Waals surface area contributed by atoms with E-state index < -0.39 is 5.41 Å². The molecule has 0 bridgehead atoms. The van der Waals surface area contributed by atoms with E-state index in [1.807, 2.05) is 13.8 Å². The Kier molecular flexibility index (Phi) is 1.86. The van der Waals surface area contributed by atoms with Crippen LogP contribution < -0.4 is 0 Å². The Morgan fingerprint density at radius 1 is 1.55 bits per heavy atom. The SMILES string of the molecule is CC(C)(C#N)c1ccncn1. The Balaban J connectivity index is 3.05. The number of rotatable bonds is 1. The van der Waals surface area contributed by atoms with Crippen molar-refractivity contribution in [2.24, 2.45) is 0 Å². The largest absolute Gasteiger partial charge is 0.245 e. The highest BCUT2D eigenvalue weighted by molar-refractivity contribution is 5.20. The third-order valence-corrected chi connectivity index (χ3v) is 1.50. The maximum Gasteiger partial charge on any atom is 0.115 e. The van der Waals surface area contributed by atoms with Crippen LogP contribution in [0.1, 0.15) is 19.5 Å². The van der Waals surface area contributed by atoms with Gasteiger partial charge in [0.2, 0.25) is 0 Å². The van der Waals surface area contributed by atoms with Crippen LogP contribution in [0.15, 0.2) is 18.6 Å². The van der Waals surface area contributed by atoms with Crippen LogP contribution in [-0.4, -0.2) is 9.97 Å². The Morgan fingerprint density at radius 2 is 2.27 bits per heavy atom. The molecule has 0 fully saturated rings. The van der Waals surface area contributed by atoms with Crippen molar-refractivity contribution in [3.63, 3.8) is 0 Å². The molecule has 1 aromatic rings. The average molecular weight is 147 g/mol. The van der Waals surface area contributed by atoms with Crippen LogP contribution in [0.4, 0.5) is 0 Å². The quantitative estimate of drug-likeness (QED) is 0.601. The highest BCUT2D eigenvalue weighted by Crippen LogP contribution is 2.17. The zero-order valence-electron chi connectivity index (χ0n) is 6.57. The standard InChI is InChI=1S/C8H9N3/c1-8(2,5-9)7-3-4-10-6-11-7/h3-4,6H,1-2H3. The summed E-state index contributed by atoms with van der Waals surface area (Å²) in [6.45, 7) is 3.66. The molecule has 0 amide bonds. The third-order valence-electron chi connectivity index (χ3n) is 1.50. The zero-order chi connectivity index (χ0) is 8.32. The first-order valence-corrected chi connectivity index (χ1v) is 3.34. The van der Waals surface area contributed by atoms with Crippen LogP contribution in [-0.2, 0) is 5.41 Å². The average Bonchev–Trinajstić information content (AvgIpc) is 2.06. The predicted molar refractivity (Wildman–Crippen MR) is 40.7 cm³/mol. The van der Waals surface area contributed by atoms with Crippen molar-refractivity contribution in [1.82, 2.24) is 9.97 Å². The summed E-state index contributed by atoms with van der Waals surface area (Å²) in [5, 5.41) is 8.74. The van der Waals surface area contributed by atoms with E-state index in [-0.39, 0.29) is 0 Å². The molecule has 1 aromatic heterocycles. The molecular weight excluding hydrogens is 138 g/mol. The molecule has 1 rings (SSSR count). The van der Waals surface area contributed by atoms with E-state index in [1.54, 1.807) is 12.3 Å². The Hall–Kier alpha value is -1.43. The highest BCUT2D eigenvalue weighted by atomic mass is 14.8. The first kappa shape index (κ1) is 7.67. The van der Waals surface area contributed by atoms with E-state index in [0.717, 1.165) is 5.69 Å². The monoisotopic (exact) mass is 147 g/mol. The van der Waals surface area contributed by atoms with Gasteiger partial charge < -0.3 is 0 Å². The van der Waals surface area contributed by atoms with Crippen molar-refractivity contribution in [3.05, 3.63) is 24.3 Å². The predicted octanol–water partition coefficient (Wildman–Crippen LogP) is 1.28. The minimum Gasteiger partial charge on any atom is -0.245 e. The molecular formula is C8H9N3. The molecule has 0 saturated heterocycles. The molecule has 3 heteroatoms. The summed E-state index contributed by atoms with van der Waals surface area (Å²) < 4.78 is 0. The molecule has 0 saturated carbocycles. The lowest BCUT2D eigenvalue weighted by Crippen LogP contribution is -2.15. The lowest BCUT2D eigenvalue weighted by Gasteiger charge is -2.12. The van der Waals surface area contributed by atoms with Gasteiger partial charge in [-0.05, 0) is 19.9 Å². The van der Waals surface area contributed by atoms with Crippen LogP contribution in [0, 0.1) is 11.3 Å². The van der Waals surface area contributed by atoms with E-state index in [4.69, 9.17) is 5.26 Å². The van der Waals surface area contributed by atoms with Gasteiger partial charge in [-0.3, -0.25) is 0 Å². The highest BCUT2D eigenvalue weighted by Gasteiger charge is 2.20. The summed E-state index contributed by atoms with van der Waals surface area (Å²) in [6.07, 6.45) is 3.09. The molecule has 1 heterocycles. The molecule has 3 nitrogen and oxygen atoms in total. The maximum atomic E-state index is 8.74. The van der Waals surface area contributed by atoms with Gasteiger partial charge in [0.15, 0.2) is 0 Å². The van der Waals surface area contributed by atoms with Crippen molar-refractivity contribution in [2.45, 2.75) is 19.3 Å². The molecule has 0 aromatic carbocycles. The molecule has 56 valence electrons. The van der Waals surface area contributed by atoms with E-state index >= 15 is 0 Å². The number of hydrogen-bond acceptors (Lipinski definition) is 3. The number of aromatic nitrogens is 2. The molecule has 0 radical (unpaired) electrons. The Bertz CT molecular complexity index is 271. The molecule has 0 aliphatic heterocycles. The van der Waals surface area contributed by atoms with Gasteiger partial charge in [0.1, 0.15) is 6.33 Å². The van der Waals surface area contributed by atoms with Crippen molar-refractivity contribution in [2.75, 3.05) is 0 Å². The minimum atomic E-state index is -0.511. The van der Waals surface area contributed by atoms with Crippen LogP contribution in [0.3, 0.4) is 0 Å². The minimum absolute atomic E-state index is 0.511. The first-order chi connectivity index (χ1) is 5.17. The molecule has 11 heavy (non-hydrogen) atoms. The number of hydrogen-bond donors (Lipinski definition) is 0. The summed E-state index contributed by atoms with van der Waals surface area (Å²) in [5.41, 5.74) is 0.248. The molecule has 0 unspecified atom stereocenters. The topological polar surface area (TPSA) is 49.6 Å². The summed E-state index contributed by atoms with van der Waals surface area (Å²) in [6, 6.07) is 3.92. The third kappa shape index (κ3) is 1.53. The van der Waals surface area contributed by atoms with Crippen molar-refractivity contribution >= 4 is 0 Å². The summed E-state index contributed by atoms with van der Waals surface area (Å²) >= 11 is 0. The fraction of sp³-hybridized carbons (Fsp3) is 0.375. The van der Waals surface area contributed by atoms with Crippen molar-refractivity contribution in [1.29, 1.82) is 5.26 Å². The van der Waals surface area contributed by atoms with Crippen LogP contribution in [0.5, 0.6) is 0 Å². The van der Waals surface area contributed by atoms with Gasteiger partial charge in [-0.1, -0.05) is 0 Å². The Labute approximate surface area is 65.7 Å². The number of nitriles is 1. The smallest absolute Gasteiger partial charge is 0.115 e. The van der Waals surface area contributed by atoms with Gasteiger partial charge in [0.25, 0.3) is 0 Å². The number of nitrogens with zero attached hydrogens (tertiary/aromatic N) is 3. The van der Waals surface area contributed by atoms with Gasteiger partial charge in [-0.2, -0.15) is 5.26 Å². The summed E-state index contributed by atoms with van der Waals surface area (Å²) in [7, 11) is 0. The molecule has 0 aliphatic rings. The fourth-order valence-electron chi connectivity index (χ4n) is 0.718. The summed E-state index contributed by atoms with van der Waals surface area (Å²) in [5.74, 6) is 0. The van der Waals surface area contributed by atoms with Crippen LogP contribution >= 0.6 is 0 Å². The second-order valence-corrected chi connectivity index (χ2v) is 2.83. The lowest BCUT2D eigenvalue weighted by atomic mass is 9.91. The van der Waals surface area contributed by atoms with E-state index in [2.05, 4.69) is 16.0 Å². The van der Waals surface area contributed by atoms with Crippen molar-refractivity contribution < 1.29 is 0 Å². The van der Waals surface area contributed by atoms with Gasteiger partial charge in [0.05, 0.1) is 17.2 Å².